The van der Waals surface area contributed by atoms with E-state index >= 15 is 0 Å². The Kier molecular flexibility index (Phi) is 5.25. The zero-order chi connectivity index (χ0) is 10.6. The van der Waals surface area contributed by atoms with Crippen LogP contribution in [0.1, 0.15) is 46.5 Å². The van der Waals surface area contributed by atoms with Gasteiger partial charge in [-0.15, -0.1) is 11.6 Å². The van der Waals surface area contributed by atoms with Crippen LogP contribution in [0.4, 0.5) is 0 Å². The lowest BCUT2D eigenvalue weighted by molar-refractivity contribution is -0.0349. The highest BCUT2D eigenvalue weighted by molar-refractivity contribution is 6.20. The molecule has 1 rings (SSSR count). The minimum atomic E-state index is 0.366. The highest BCUT2D eigenvalue weighted by Gasteiger charge is 2.28. The van der Waals surface area contributed by atoms with Crippen molar-refractivity contribution in [3.63, 3.8) is 0 Å². The number of ether oxygens (including phenoxy) is 1. The lowest BCUT2D eigenvalue weighted by atomic mass is 9.86. The molecule has 0 aromatic carbocycles. The molecule has 1 aliphatic rings. The van der Waals surface area contributed by atoms with Crippen molar-refractivity contribution in [2.24, 2.45) is 11.8 Å². The summed E-state index contributed by atoms with van der Waals surface area (Å²) in [5.74, 6) is 1.31. The average molecular weight is 219 g/mol. The Morgan fingerprint density at radius 2 is 2.14 bits per heavy atom. The third kappa shape index (κ3) is 3.43. The van der Waals surface area contributed by atoms with E-state index in [2.05, 4.69) is 20.8 Å². The molecule has 2 heteroatoms. The highest BCUT2D eigenvalue weighted by atomic mass is 35.5. The molecule has 1 saturated heterocycles. The molecular weight excluding hydrogens is 196 g/mol. The number of hydrogen-bond acceptors (Lipinski definition) is 1. The quantitative estimate of drug-likeness (QED) is 0.652. The maximum Gasteiger partial charge on any atom is 0.0601 e. The van der Waals surface area contributed by atoms with E-state index in [1.165, 1.54) is 6.42 Å². The molecule has 0 aromatic rings. The summed E-state index contributed by atoms with van der Waals surface area (Å²) in [5.41, 5.74) is 0. The summed E-state index contributed by atoms with van der Waals surface area (Å²) in [6, 6.07) is 0. The summed E-state index contributed by atoms with van der Waals surface area (Å²) in [6.45, 7) is 7.57. The molecule has 0 N–H and O–H groups in total. The topological polar surface area (TPSA) is 9.23 Å². The molecule has 0 radical (unpaired) electrons. The van der Waals surface area contributed by atoms with E-state index in [9.17, 15) is 0 Å². The fourth-order valence-corrected chi connectivity index (χ4v) is 2.61. The van der Waals surface area contributed by atoms with Crippen molar-refractivity contribution in [1.82, 2.24) is 0 Å². The first-order chi connectivity index (χ1) is 6.65. The van der Waals surface area contributed by atoms with Gasteiger partial charge in [-0.2, -0.15) is 0 Å². The Morgan fingerprint density at radius 1 is 1.43 bits per heavy atom. The number of halogens is 1. The van der Waals surface area contributed by atoms with E-state index in [0.717, 1.165) is 25.9 Å². The number of alkyl halides is 1. The second-order valence-electron chi connectivity index (χ2n) is 4.74. The molecule has 0 aliphatic carbocycles. The maximum absolute atomic E-state index is 6.37. The fourth-order valence-electron chi connectivity index (χ4n) is 2.16. The smallest absolute Gasteiger partial charge is 0.0601 e. The Bertz CT molecular complexity index is 158. The molecule has 1 fully saturated rings. The van der Waals surface area contributed by atoms with E-state index in [1.807, 2.05) is 0 Å². The highest BCUT2D eigenvalue weighted by Crippen LogP contribution is 2.31. The predicted molar refractivity (Wildman–Crippen MR) is 61.9 cm³/mol. The van der Waals surface area contributed by atoms with Crippen LogP contribution in [0.15, 0.2) is 0 Å². The summed E-state index contributed by atoms with van der Waals surface area (Å²) in [6.07, 6.45) is 5.09. The van der Waals surface area contributed by atoms with Gasteiger partial charge in [0, 0.05) is 12.0 Å². The molecular formula is C12H23ClO. The summed E-state index contributed by atoms with van der Waals surface area (Å²) in [4.78, 5) is 0. The van der Waals surface area contributed by atoms with Gasteiger partial charge < -0.3 is 4.74 Å². The van der Waals surface area contributed by atoms with Crippen molar-refractivity contribution < 1.29 is 4.74 Å². The van der Waals surface area contributed by atoms with Gasteiger partial charge in [0.2, 0.25) is 0 Å². The van der Waals surface area contributed by atoms with E-state index in [1.54, 1.807) is 0 Å². The molecule has 14 heavy (non-hydrogen) atoms. The molecule has 84 valence electrons. The van der Waals surface area contributed by atoms with E-state index in [0.29, 0.717) is 23.3 Å². The van der Waals surface area contributed by atoms with Gasteiger partial charge in [-0.25, -0.2) is 0 Å². The van der Waals surface area contributed by atoms with Crippen molar-refractivity contribution in [1.29, 1.82) is 0 Å². The first kappa shape index (κ1) is 12.3. The van der Waals surface area contributed by atoms with Crippen LogP contribution in [0.2, 0.25) is 0 Å². The van der Waals surface area contributed by atoms with Gasteiger partial charge in [-0.1, -0.05) is 27.2 Å². The Balaban J connectivity index is 2.39. The van der Waals surface area contributed by atoms with Gasteiger partial charge in [-0.05, 0) is 31.1 Å². The predicted octanol–water partition coefficient (Wildman–Crippen LogP) is 3.85. The van der Waals surface area contributed by atoms with Crippen molar-refractivity contribution >= 4 is 11.6 Å². The van der Waals surface area contributed by atoms with Crippen LogP contribution in [-0.2, 0) is 4.74 Å². The van der Waals surface area contributed by atoms with Gasteiger partial charge in [0.15, 0.2) is 0 Å². The molecule has 0 amide bonds. The fraction of sp³-hybridized carbons (Fsp3) is 1.00. The molecule has 0 aromatic heterocycles. The number of rotatable bonds is 4. The largest absolute Gasteiger partial charge is 0.378 e. The Hall–Kier alpha value is 0.250. The van der Waals surface area contributed by atoms with Crippen LogP contribution in [0, 0.1) is 11.8 Å². The van der Waals surface area contributed by atoms with Gasteiger partial charge in [0.1, 0.15) is 0 Å². The zero-order valence-corrected chi connectivity index (χ0v) is 10.4. The lowest BCUT2D eigenvalue weighted by Gasteiger charge is -2.34. The zero-order valence-electron chi connectivity index (χ0n) is 9.63. The molecule has 1 heterocycles. The van der Waals surface area contributed by atoms with Crippen LogP contribution in [-0.4, -0.2) is 18.1 Å². The van der Waals surface area contributed by atoms with Crippen LogP contribution in [0.25, 0.3) is 0 Å². The minimum absolute atomic E-state index is 0.366. The molecule has 0 saturated carbocycles. The maximum atomic E-state index is 6.37. The first-order valence-corrected chi connectivity index (χ1v) is 6.34. The van der Waals surface area contributed by atoms with E-state index in [4.69, 9.17) is 16.3 Å². The summed E-state index contributed by atoms with van der Waals surface area (Å²) in [7, 11) is 0. The van der Waals surface area contributed by atoms with Crippen LogP contribution in [0.3, 0.4) is 0 Å². The average Bonchev–Trinajstić information content (AvgIpc) is 2.18. The van der Waals surface area contributed by atoms with Crippen molar-refractivity contribution in [3.8, 4) is 0 Å². The third-order valence-corrected chi connectivity index (χ3v) is 3.75. The van der Waals surface area contributed by atoms with Crippen LogP contribution < -0.4 is 0 Å². The lowest BCUT2D eigenvalue weighted by Crippen LogP contribution is -2.33. The normalized spacial score (nSPS) is 30.6. The van der Waals surface area contributed by atoms with Crippen molar-refractivity contribution in [3.05, 3.63) is 0 Å². The van der Waals surface area contributed by atoms with Crippen molar-refractivity contribution in [2.75, 3.05) is 6.61 Å². The van der Waals surface area contributed by atoms with Gasteiger partial charge in [0.05, 0.1) is 6.10 Å². The monoisotopic (exact) mass is 218 g/mol. The Morgan fingerprint density at radius 3 is 2.71 bits per heavy atom. The number of hydrogen-bond donors (Lipinski definition) is 0. The molecule has 1 nitrogen and oxygen atoms in total. The van der Waals surface area contributed by atoms with E-state index in [-0.39, 0.29) is 0 Å². The van der Waals surface area contributed by atoms with Gasteiger partial charge in [0.25, 0.3) is 0 Å². The van der Waals surface area contributed by atoms with E-state index < -0.39 is 0 Å². The van der Waals surface area contributed by atoms with Crippen molar-refractivity contribution in [2.45, 2.75) is 57.9 Å². The molecule has 3 atom stereocenters. The summed E-state index contributed by atoms with van der Waals surface area (Å²) in [5, 5.41) is 0.366. The minimum Gasteiger partial charge on any atom is -0.378 e. The second kappa shape index (κ2) is 5.97. The van der Waals surface area contributed by atoms with Gasteiger partial charge in [-0.3, -0.25) is 0 Å². The van der Waals surface area contributed by atoms with Crippen LogP contribution in [0.5, 0.6) is 0 Å². The molecule has 1 aliphatic heterocycles. The summed E-state index contributed by atoms with van der Waals surface area (Å²) >= 11 is 6.37. The summed E-state index contributed by atoms with van der Waals surface area (Å²) < 4.78 is 5.74. The van der Waals surface area contributed by atoms with Gasteiger partial charge >= 0.3 is 0 Å². The SMILES string of the molecule is CCCC(Cl)C1CCOC(C(C)C)C1. The first-order valence-electron chi connectivity index (χ1n) is 5.90. The molecule has 0 spiro atoms. The Labute approximate surface area is 93.2 Å². The molecule has 0 bridgehead atoms. The third-order valence-electron chi connectivity index (χ3n) is 3.18. The van der Waals surface area contributed by atoms with Crippen LogP contribution >= 0.6 is 11.6 Å². The second-order valence-corrected chi connectivity index (χ2v) is 5.30. The molecule has 3 unspecified atom stereocenters. The standard InChI is InChI=1S/C12H23ClO/c1-4-5-11(13)10-6-7-14-12(8-10)9(2)3/h9-12H,4-8H2,1-3H3.